The van der Waals surface area contributed by atoms with Crippen LogP contribution in [0.1, 0.15) is 0 Å². The number of ether oxygens (including phenoxy) is 1. The van der Waals surface area contributed by atoms with Crippen LogP contribution in [0.4, 0.5) is 0 Å². The van der Waals surface area contributed by atoms with E-state index in [0.717, 1.165) is 0 Å². The largest absolute Gasteiger partial charge is 0.394 e. The van der Waals surface area contributed by atoms with Crippen molar-refractivity contribution in [2.24, 2.45) is 16.6 Å². The Balaban J connectivity index is 2.67. The molecule has 1 aliphatic heterocycles. The Morgan fingerprint density at radius 1 is 1.19 bits per heavy atom. The molecule has 1 aliphatic rings. The van der Waals surface area contributed by atoms with E-state index in [4.69, 9.17) is 21.3 Å². The fourth-order valence-corrected chi connectivity index (χ4v) is 1.35. The molecule has 0 saturated carbocycles. The Morgan fingerprint density at radius 3 is 2.31 bits per heavy atom. The number of rotatable bonds is 3. The first-order chi connectivity index (χ1) is 7.47. The van der Waals surface area contributed by atoms with Gasteiger partial charge in [-0.3, -0.25) is 5.43 Å². The maximum absolute atomic E-state index is 9.50. The Kier molecular flexibility index (Phi) is 4.26. The third-order valence-corrected chi connectivity index (χ3v) is 2.21. The number of aliphatic hydroxyl groups excluding tert-OH is 4. The maximum Gasteiger partial charge on any atom is 0.208 e. The van der Waals surface area contributed by atoms with Gasteiger partial charge in [-0.05, 0) is 0 Å². The second-order valence-electron chi connectivity index (χ2n) is 3.42. The summed E-state index contributed by atoms with van der Waals surface area (Å²) in [7, 11) is 0. The van der Waals surface area contributed by atoms with E-state index in [9.17, 15) is 15.3 Å². The molecule has 5 atom stereocenters. The topological polar surface area (TPSA) is 167 Å². The van der Waals surface area contributed by atoms with Gasteiger partial charge in [0.05, 0.1) is 6.61 Å². The second kappa shape index (κ2) is 5.27. The molecule has 0 bridgehead atoms. The van der Waals surface area contributed by atoms with Gasteiger partial charge >= 0.3 is 0 Å². The first-order valence-corrected chi connectivity index (χ1v) is 4.62. The highest BCUT2D eigenvalue weighted by Crippen LogP contribution is 2.19. The highest BCUT2D eigenvalue weighted by atomic mass is 16.6. The fourth-order valence-electron chi connectivity index (χ4n) is 1.35. The van der Waals surface area contributed by atoms with Crippen LogP contribution in [0.5, 0.6) is 0 Å². The van der Waals surface area contributed by atoms with Crippen molar-refractivity contribution in [3.8, 4) is 0 Å². The molecule has 16 heavy (non-hydrogen) atoms. The van der Waals surface area contributed by atoms with Gasteiger partial charge in [0.25, 0.3) is 0 Å². The van der Waals surface area contributed by atoms with Gasteiger partial charge in [0.2, 0.25) is 5.96 Å². The summed E-state index contributed by atoms with van der Waals surface area (Å²) in [5, 5.41) is 40.6. The van der Waals surface area contributed by atoms with Gasteiger partial charge in [-0.25, -0.2) is 0 Å². The fraction of sp³-hybridized carbons (Fsp3) is 0.857. The van der Waals surface area contributed by atoms with Crippen LogP contribution in [-0.4, -0.2) is 63.6 Å². The molecule has 0 unspecified atom stereocenters. The van der Waals surface area contributed by atoms with Crippen LogP contribution < -0.4 is 16.9 Å². The van der Waals surface area contributed by atoms with Crippen molar-refractivity contribution in [3.63, 3.8) is 0 Å². The van der Waals surface area contributed by atoms with Gasteiger partial charge < -0.3 is 36.6 Å². The number of hydrazone groups is 1. The highest BCUT2D eigenvalue weighted by molar-refractivity contribution is 5.75. The zero-order chi connectivity index (χ0) is 12.3. The minimum Gasteiger partial charge on any atom is -0.394 e. The Labute approximate surface area is 91.3 Å². The Bertz CT molecular complexity index is 257. The lowest BCUT2D eigenvalue weighted by Crippen LogP contribution is -2.61. The maximum atomic E-state index is 9.50. The van der Waals surface area contributed by atoms with Crippen LogP contribution in [0, 0.1) is 0 Å². The molecule has 1 heterocycles. The van der Waals surface area contributed by atoms with Gasteiger partial charge in [0.15, 0.2) is 6.23 Å². The molecule has 0 spiro atoms. The number of hydrogen-bond donors (Lipinski definition) is 7. The predicted molar refractivity (Wildman–Crippen MR) is 52.7 cm³/mol. The van der Waals surface area contributed by atoms with E-state index in [-0.39, 0.29) is 5.96 Å². The molecule has 94 valence electrons. The lowest BCUT2D eigenvalue weighted by molar-refractivity contribution is -0.236. The summed E-state index contributed by atoms with van der Waals surface area (Å²) in [6.07, 6.45) is -6.39. The van der Waals surface area contributed by atoms with Crippen LogP contribution in [-0.2, 0) is 4.74 Å². The van der Waals surface area contributed by atoms with Crippen LogP contribution in [0.15, 0.2) is 5.10 Å². The lowest BCUT2D eigenvalue weighted by atomic mass is 9.99. The van der Waals surface area contributed by atoms with E-state index in [2.05, 4.69) is 10.5 Å². The van der Waals surface area contributed by atoms with Crippen LogP contribution in [0.25, 0.3) is 0 Å². The van der Waals surface area contributed by atoms with Gasteiger partial charge in [-0.15, -0.1) is 5.10 Å². The summed E-state index contributed by atoms with van der Waals surface area (Å²) < 4.78 is 5.04. The Morgan fingerprint density at radius 2 is 1.81 bits per heavy atom. The van der Waals surface area contributed by atoms with Gasteiger partial charge in [-0.1, -0.05) is 0 Å². The van der Waals surface area contributed by atoms with E-state index in [1.54, 1.807) is 0 Å². The number of guanidine groups is 1. The van der Waals surface area contributed by atoms with E-state index in [0.29, 0.717) is 0 Å². The second-order valence-corrected chi connectivity index (χ2v) is 3.42. The van der Waals surface area contributed by atoms with Crippen molar-refractivity contribution in [3.05, 3.63) is 0 Å². The third kappa shape index (κ3) is 2.71. The minimum atomic E-state index is -1.46. The van der Waals surface area contributed by atoms with E-state index in [1.165, 1.54) is 0 Å². The number of aliphatic hydroxyl groups is 4. The summed E-state index contributed by atoms with van der Waals surface area (Å²) in [6, 6.07) is 0. The molecule has 0 aromatic rings. The minimum absolute atomic E-state index is 0.281. The quantitative estimate of drug-likeness (QED) is 0.146. The SMILES string of the molecule is NC(N)=NN[C@@H]1O[C@H](CO)[C@H](O)[C@H](O)[C@H]1O. The van der Waals surface area contributed by atoms with E-state index in [1.807, 2.05) is 0 Å². The van der Waals surface area contributed by atoms with Crippen molar-refractivity contribution in [2.45, 2.75) is 30.6 Å². The monoisotopic (exact) mass is 236 g/mol. The molecule has 0 amide bonds. The number of hydrogen-bond acceptors (Lipinski definition) is 7. The zero-order valence-corrected chi connectivity index (χ0v) is 8.39. The first-order valence-electron chi connectivity index (χ1n) is 4.62. The van der Waals surface area contributed by atoms with Crippen molar-refractivity contribution < 1.29 is 25.2 Å². The normalized spacial score (nSPS) is 39.1. The summed E-state index contributed by atoms with van der Waals surface area (Å²) in [4.78, 5) is 0. The van der Waals surface area contributed by atoms with Crippen molar-refractivity contribution in [1.82, 2.24) is 5.43 Å². The van der Waals surface area contributed by atoms with Crippen molar-refractivity contribution >= 4 is 5.96 Å². The molecule has 0 radical (unpaired) electrons. The van der Waals surface area contributed by atoms with E-state index >= 15 is 0 Å². The molecule has 9 heteroatoms. The zero-order valence-electron chi connectivity index (χ0n) is 8.39. The number of nitrogens with two attached hydrogens (primary N) is 2. The molecular formula is C7H16N4O5. The lowest BCUT2D eigenvalue weighted by Gasteiger charge is -2.39. The summed E-state index contributed by atoms with van der Waals surface area (Å²) in [5.41, 5.74) is 12.4. The van der Waals surface area contributed by atoms with Crippen LogP contribution in [0.2, 0.25) is 0 Å². The van der Waals surface area contributed by atoms with Crippen molar-refractivity contribution in [1.29, 1.82) is 0 Å². The molecule has 9 N–H and O–H groups in total. The number of nitrogens with zero attached hydrogens (tertiary/aromatic N) is 1. The molecule has 9 nitrogen and oxygen atoms in total. The number of nitrogens with one attached hydrogen (secondary N) is 1. The molecule has 0 aromatic carbocycles. The molecule has 0 aromatic heterocycles. The highest BCUT2D eigenvalue weighted by Gasteiger charge is 2.43. The predicted octanol–water partition coefficient (Wildman–Crippen LogP) is -4.44. The van der Waals surface area contributed by atoms with Crippen LogP contribution >= 0.6 is 0 Å². The summed E-state index contributed by atoms with van der Waals surface area (Å²) >= 11 is 0. The Hall–Kier alpha value is -1.13. The van der Waals surface area contributed by atoms with E-state index < -0.39 is 37.3 Å². The van der Waals surface area contributed by atoms with Crippen LogP contribution in [0.3, 0.4) is 0 Å². The average molecular weight is 236 g/mol. The molecule has 1 saturated heterocycles. The first kappa shape index (κ1) is 12.9. The summed E-state index contributed by atoms with van der Waals surface area (Å²) in [6.45, 7) is -0.509. The van der Waals surface area contributed by atoms with Gasteiger partial charge in [-0.2, -0.15) is 0 Å². The standard InChI is InChI=1S/C7H16N4O5/c8-7(9)11-10-6-5(15)4(14)3(13)2(1-12)16-6/h2-6,10,12-15H,1H2,(H4,8,9,11)/t2-,3+,4+,5-,6-/m1/s1. The molecular weight excluding hydrogens is 220 g/mol. The van der Waals surface area contributed by atoms with Crippen molar-refractivity contribution in [2.75, 3.05) is 6.61 Å². The smallest absolute Gasteiger partial charge is 0.208 e. The molecule has 1 fully saturated rings. The van der Waals surface area contributed by atoms with Gasteiger partial charge in [0, 0.05) is 0 Å². The molecule has 1 rings (SSSR count). The average Bonchev–Trinajstić information content (AvgIpc) is 2.25. The van der Waals surface area contributed by atoms with Gasteiger partial charge in [0.1, 0.15) is 24.4 Å². The molecule has 0 aliphatic carbocycles. The summed E-state index contributed by atoms with van der Waals surface area (Å²) in [5.74, 6) is -0.281. The third-order valence-electron chi connectivity index (χ3n) is 2.21.